The van der Waals surface area contributed by atoms with Crippen LogP contribution in [0.1, 0.15) is 11.1 Å². The third-order valence-corrected chi connectivity index (χ3v) is 6.96. The fourth-order valence-electron chi connectivity index (χ4n) is 4.23. The Morgan fingerprint density at radius 3 is 2.53 bits per heavy atom. The van der Waals surface area contributed by atoms with Crippen LogP contribution in [-0.2, 0) is 11.0 Å². The quantitative estimate of drug-likeness (QED) is 0.103. The lowest BCUT2D eigenvalue weighted by Gasteiger charge is -2.13. The number of benzene rings is 4. The Morgan fingerprint density at radius 2 is 1.82 bits per heavy atom. The van der Waals surface area contributed by atoms with E-state index in [-0.39, 0.29) is 38.1 Å². The molecule has 0 aliphatic heterocycles. The van der Waals surface area contributed by atoms with Crippen molar-refractivity contribution in [3.63, 3.8) is 0 Å². The highest BCUT2D eigenvalue weighted by Gasteiger charge is 2.31. The van der Waals surface area contributed by atoms with Crippen LogP contribution in [0.15, 0.2) is 99.3 Å². The molecule has 0 spiro atoms. The molecular weight excluding hydrogens is 683 g/mol. The average Bonchev–Trinajstić information content (AvgIpc) is 3.00. The van der Waals surface area contributed by atoms with Crippen LogP contribution in [0.2, 0.25) is 5.02 Å². The minimum Gasteiger partial charge on any atom is -0.476 e. The van der Waals surface area contributed by atoms with Crippen LogP contribution in [0, 0.1) is 10.1 Å². The number of aromatic nitrogens is 2. The number of para-hydroxylation sites is 1. The molecule has 1 N–H and O–H groups in total. The normalized spacial score (nSPS) is 11.6. The zero-order chi connectivity index (χ0) is 32.3. The van der Waals surface area contributed by atoms with Crippen molar-refractivity contribution < 1.29 is 27.6 Å². The number of ether oxygens (including phenoxy) is 1. The number of amides is 1. The molecule has 0 aliphatic rings. The minimum atomic E-state index is -4.66. The van der Waals surface area contributed by atoms with Crippen LogP contribution in [-0.4, -0.2) is 33.3 Å². The number of nitro groups is 1. The Hall–Kier alpha value is -5.08. The van der Waals surface area contributed by atoms with Gasteiger partial charge in [-0.2, -0.15) is 22.9 Å². The van der Waals surface area contributed by atoms with Gasteiger partial charge in [-0.25, -0.2) is 4.98 Å². The van der Waals surface area contributed by atoms with Crippen molar-refractivity contribution >= 4 is 61.9 Å². The highest BCUT2D eigenvalue weighted by Crippen LogP contribution is 2.35. The number of carbonyl (C=O) groups is 1. The topological polar surface area (TPSA) is 129 Å². The molecule has 15 heteroatoms. The zero-order valence-corrected chi connectivity index (χ0v) is 24.9. The molecule has 0 atom stereocenters. The van der Waals surface area contributed by atoms with E-state index in [1.807, 2.05) is 0 Å². The first-order valence-electron chi connectivity index (χ1n) is 12.8. The smallest absolute Gasteiger partial charge is 0.416 e. The number of anilines is 1. The van der Waals surface area contributed by atoms with E-state index in [0.717, 1.165) is 29.1 Å². The van der Waals surface area contributed by atoms with Gasteiger partial charge in [0.2, 0.25) is 5.75 Å². The third kappa shape index (κ3) is 7.19. The lowest BCUT2D eigenvalue weighted by atomic mass is 10.1. The second-order valence-electron chi connectivity index (χ2n) is 9.34. The van der Waals surface area contributed by atoms with Crippen LogP contribution in [0.3, 0.4) is 0 Å². The van der Waals surface area contributed by atoms with E-state index in [2.05, 4.69) is 31.3 Å². The van der Waals surface area contributed by atoms with Crippen LogP contribution < -0.4 is 15.6 Å². The molecule has 4 aromatic carbocycles. The molecule has 5 aromatic rings. The molecule has 45 heavy (non-hydrogen) atoms. The molecule has 0 radical (unpaired) electrons. The molecule has 0 unspecified atom stereocenters. The predicted octanol–water partition coefficient (Wildman–Crippen LogP) is 7.31. The van der Waals surface area contributed by atoms with Gasteiger partial charge in [-0.15, -0.1) is 0 Å². The van der Waals surface area contributed by atoms with Gasteiger partial charge in [-0.1, -0.05) is 51.8 Å². The van der Waals surface area contributed by atoms with Crippen molar-refractivity contribution in [1.82, 2.24) is 9.66 Å². The molecule has 0 fully saturated rings. The summed E-state index contributed by atoms with van der Waals surface area (Å²) in [5.74, 6) is -1.20. The standard InChI is InChI=1S/C30H18BrClF3N5O5/c31-20-13-18(27(25(14-20)40(43)44)45-16-26(41)37-22-10-8-21(32)9-11-22)15-36-39-28(17-4-3-5-19(12-17)30(33,34)35)38-24-7-2-1-6-23(24)29(39)42/h1-15H,16H2,(H,37,41). The van der Waals surface area contributed by atoms with E-state index in [4.69, 9.17) is 16.3 Å². The Morgan fingerprint density at radius 1 is 1.09 bits per heavy atom. The van der Waals surface area contributed by atoms with Crippen LogP contribution >= 0.6 is 27.5 Å². The number of nitrogens with one attached hydrogen (secondary N) is 1. The summed E-state index contributed by atoms with van der Waals surface area (Å²) < 4.78 is 47.2. The molecule has 10 nitrogen and oxygen atoms in total. The van der Waals surface area contributed by atoms with Crippen molar-refractivity contribution in [2.45, 2.75) is 6.18 Å². The molecule has 0 saturated carbocycles. The van der Waals surface area contributed by atoms with E-state index in [0.29, 0.717) is 10.7 Å². The average molecular weight is 701 g/mol. The van der Waals surface area contributed by atoms with Crippen LogP contribution in [0.5, 0.6) is 5.75 Å². The van der Waals surface area contributed by atoms with Crippen molar-refractivity contribution in [2.24, 2.45) is 5.10 Å². The first kappa shape index (κ1) is 31.3. The van der Waals surface area contributed by atoms with E-state index >= 15 is 0 Å². The van der Waals surface area contributed by atoms with Gasteiger partial charge in [-0.3, -0.25) is 19.7 Å². The zero-order valence-electron chi connectivity index (χ0n) is 22.6. The minimum absolute atomic E-state index is 0.0228. The molecule has 0 aliphatic carbocycles. The molecule has 1 amide bonds. The summed E-state index contributed by atoms with van der Waals surface area (Å²) in [5.41, 5.74) is -1.65. The van der Waals surface area contributed by atoms with Crippen molar-refractivity contribution in [3.05, 3.63) is 126 Å². The molecule has 5 rings (SSSR count). The first-order chi connectivity index (χ1) is 21.4. The number of hydrogen-bond acceptors (Lipinski definition) is 7. The maximum atomic E-state index is 13.5. The fraction of sp³-hybridized carbons (Fsp3) is 0.0667. The number of nitro benzene ring substituents is 1. The van der Waals surface area contributed by atoms with Crippen LogP contribution in [0.4, 0.5) is 24.5 Å². The summed E-state index contributed by atoms with van der Waals surface area (Å²) >= 11 is 9.06. The molecule has 228 valence electrons. The SMILES string of the molecule is O=C(COc1c(C=Nn2c(-c3cccc(C(F)(F)F)c3)nc3ccccc3c2=O)cc(Br)cc1[N+](=O)[O-])Nc1ccc(Cl)cc1. The number of fused-ring (bicyclic) bond motifs is 1. The van der Waals surface area contributed by atoms with E-state index in [1.54, 1.807) is 36.4 Å². The molecule has 1 heterocycles. The molecular formula is C30H18BrClF3N5O5. The maximum Gasteiger partial charge on any atom is 0.416 e. The Bertz CT molecular complexity index is 2030. The third-order valence-electron chi connectivity index (χ3n) is 6.25. The van der Waals surface area contributed by atoms with Gasteiger partial charge in [0.05, 0.1) is 27.6 Å². The van der Waals surface area contributed by atoms with Gasteiger partial charge in [0, 0.05) is 32.4 Å². The van der Waals surface area contributed by atoms with Gasteiger partial charge in [0.25, 0.3) is 11.5 Å². The van der Waals surface area contributed by atoms with E-state index < -0.39 is 40.4 Å². The van der Waals surface area contributed by atoms with Crippen molar-refractivity contribution in [3.8, 4) is 17.1 Å². The first-order valence-corrected chi connectivity index (χ1v) is 14.0. The predicted molar refractivity (Wildman–Crippen MR) is 166 cm³/mol. The largest absolute Gasteiger partial charge is 0.476 e. The lowest BCUT2D eigenvalue weighted by Crippen LogP contribution is -2.21. The van der Waals surface area contributed by atoms with Gasteiger partial charge in [0.15, 0.2) is 12.4 Å². The number of nitrogens with zero attached hydrogens (tertiary/aromatic N) is 4. The number of alkyl halides is 3. The van der Waals surface area contributed by atoms with Gasteiger partial charge in [-0.05, 0) is 54.6 Å². The summed E-state index contributed by atoms with van der Waals surface area (Å²) in [6.45, 7) is -0.640. The van der Waals surface area contributed by atoms with E-state index in [9.17, 15) is 32.9 Å². The van der Waals surface area contributed by atoms with Crippen LogP contribution in [0.25, 0.3) is 22.3 Å². The Balaban J connectivity index is 1.58. The van der Waals surface area contributed by atoms with Crippen molar-refractivity contribution in [2.75, 3.05) is 11.9 Å². The molecule has 1 aromatic heterocycles. The number of carbonyl (C=O) groups excluding carboxylic acids is 1. The molecule has 0 bridgehead atoms. The van der Waals surface area contributed by atoms with Gasteiger partial charge >= 0.3 is 11.9 Å². The summed E-state index contributed by atoms with van der Waals surface area (Å²) in [5, 5.41) is 19.3. The number of hydrogen-bond donors (Lipinski definition) is 1. The lowest BCUT2D eigenvalue weighted by molar-refractivity contribution is -0.385. The summed E-state index contributed by atoms with van der Waals surface area (Å²) in [7, 11) is 0. The number of rotatable bonds is 8. The van der Waals surface area contributed by atoms with E-state index in [1.165, 1.54) is 30.3 Å². The van der Waals surface area contributed by atoms with Crippen molar-refractivity contribution in [1.29, 1.82) is 0 Å². The second-order valence-corrected chi connectivity index (χ2v) is 10.7. The second kappa shape index (κ2) is 12.9. The monoisotopic (exact) mass is 699 g/mol. The summed E-state index contributed by atoms with van der Waals surface area (Å²) in [6, 6.07) is 19.2. The highest BCUT2D eigenvalue weighted by atomic mass is 79.9. The Kier molecular flexibility index (Phi) is 8.97. The van der Waals surface area contributed by atoms with Gasteiger partial charge < -0.3 is 10.1 Å². The highest BCUT2D eigenvalue weighted by molar-refractivity contribution is 9.10. The Labute approximate surface area is 265 Å². The molecule has 0 saturated heterocycles. The summed E-state index contributed by atoms with van der Waals surface area (Å²) in [4.78, 5) is 41.7. The number of halogens is 5. The van der Waals surface area contributed by atoms with Gasteiger partial charge in [0.1, 0.15) is 0 Å². The summed E-state index contributed by atoms with van der Waals surface area (Å²) in [6.07, 6.45) is -3.61. The fourth-order valence-corrected chi connectivity index (χ4v) is 4.82. The maximum absolute atomic E-state index is 13.5.